The van der Waals surface area contributed by atoms with Crippen LogP contribution in [0.2, 0.25) is 10.0 Å². The number of benzene rings is 2. The lowest BCUT2D eigenvalue weighted by Crippen LogP contribution is -2.32. The lowest BCUT2D eigenvalue weighted by Gasteiger charge is -2.31. The van der Waals surface area contributed by atoms with E-state index in [1.165, 1.54) is 0 Å². The number of halogens is 2. The summed E-state index contributed by atoms with van der Waals surface area (Å²) in [6, 6.07) is 11.4. The molecule has 0 saturated carbocycles. The van der Waals surface area contributed by atoms with Gasteiger partial charge >= 0.3 is 0 Å². The summed E-state index contributed by atoms with van der Waals surface area (Å²) in [4.78, 5) is 2.25. The van der Waals surface area contributed by atoms with Gasteiger partial charge in [0.25, 0.3) is 0 Å². The standard InChI is InChI=1S/C15H14Cl2N2O/c16-12-3-1-10(7-13(12)17)9-19-5-6-20-15-8-11(18)2-4-14(15)19/h1-4,7-8H,5-6,9,18H2. The molecule has 0 aromatic heterocycles. The Kier molecular flexibility index (Phi) is 3.64. The molecule has 0 unspecified atom stereocenters. The molecule has 0 spiro atoms. The molecule has 104 valence electrons. The normalized spacial score (nSPS) is 13.8. The maximum absolute atomic E-state index is 6.06. The van der Waals surface area contributed by atoms with Crippen molar-refractivity contribution in [2.45, 2.75) is 6.54 Å². The van der Waals surface area contributed by atoms with E-state index in [0.29, 0.717) is 22.3 Å². The Morgan fingerprint density at radius 3 is 2.75 bits per heavy atom. The Morgan fingerprint density at radius 1 is 1.10 bits per heavy atom. The average molecular weight is 309 g/mol. The number of nitrogens with zero attached hydrogens (tertiary/aromatic N) is 1. The van der Waals surface area contributed by atoms with Crippen molar-refractivity contribution < 1.29 is 4.74 Å². The van der Waals surface area contributed by atoms with Gasteiger partial charge in [-0.15, -0.1) is 0 Å². The molecule has 0 bridgehead atoms. The van der Waals surface area contributed by atoms with Gasteiger partial charge in [-0.05, 0) is 29.8 Å². The van der Waals surface area contributed by atoms with Crippen molar-refractivity contribution in [1.82, 2.24) is 0 Å². The molecule has 1 aliphatic rings. The van der Waals surface area contributed by atoms with Crippen LogP contribution in [0.25, 0.3) is 0 Å². The van der Waals surface area contributed by atoms with Crippen LogP contribution in [0.1, 0.15) is 5.56 Å². The van der Waals surface area contributed by atoms with E-state index in [9.17, 15) is 0 Å². The van der Waals surface area contributed by atoms with Gasteiger partial charge in [0.2, 0.25) is 0 Å². The summed E-state index contributed by atoms with van der Waals surface area (Å²) in [7, 11) is 0. The van der Waals surface area contributed by atoms with E-state index >= 15 is 0 Å². The number of fused-ring (bicyclic) bond motifs is 1. The molecule has 0 fully saturated rings. The molecule has 5 heteroatoms. The van der Waals surface area contributed by atoms with Crippen LogP contribution >= 0.6 is 23.2 Å². The molecule has 0 amide bonds. The van der Waals surface area contributed by atoms with Crippen molar-refractivity contribution in [3.05, 3.63) is 52.0 Å². The molecule has 3 rings (SSSR count). The smallest absolute Gasteiger partial charge is 0.144 e. The number of hydrogen-bond donors (Lipinski definition) is 1. The van der Waals surface area contributed by atoms with Crippen LogP contribution in [0, 0.1) is 0 Å². The number of nitrogens with two attached hydrogens (primary N) is 1. The summed E-state index contributed by atoms with van der Waals surface area (Å²) in [5.74, 6) is 0.830. The monoisotopic (exact) mass is 308 g/mol. The summed E-state index contributed by atoms with van der Waals surface area (Å²) < 4.78 is 5.65. The lowest BCUT2D eigenvalue weighted by molar-refractivity contribution is 0.307. The second kappa shape index (κ2) is 5.43. The quantitative estimate of drug-likeness (QED) is 0.853. The number of hydrogen-bond acceptors (Lipinski definition) is 3. The fourth-order valence-electron chi connectivity index (χ4n) is 2.32. The van der Waals surface area contributed by atoms with Gasteiger partial charge in [0.15, 0.2) is 0 Å². The molecule has 2 aromatic carbocycles. The van der Waals surface area contributed by atoms with Crippen LogP contribution in [0.5, 0.6) is 5.75 Å². The van der Waals surface area contributed by atoms with E-state index in [-0.39, 0.29) is 0 Å². The Hall–Kier alpha value is -1.58. The van der Waals surface area contributed by atoms with E-state index in [1.807, 2.05) is 36.4 Å². The van der Waals surface area contributed by atoms with Gasteiger partial charge in [0.1, 0.15) is 12.4 Å². The second-order valence-corrected chi connectivity index (χ2v) is 5.56. The van der Waals surface area contributed by atoms with Gasteiger partial charge < -0.3 is 15.4 Å². The number of rotatable bonds is 2. The average Bonchev–Trinajstić information content (AvgIpc) is 2.43. The van der Waals surface area contributed by atoms with Crippen LogP contribution in [0.3, 0.4) is 0 Å². The molecule has 1 aliphatic heterocycles. The van der Waals surface area contributed by atoms with Crippen molar-refractivity contribution in [3.63, 3.8) is 0 Å². The van der Waals surface area contributed by atoms with E-state index in [2.05, 4.69) is 4.90 Å². The fraction of sp³-hybridized carbons (Fsp3) is 0.200. The van der Waals surface area contributed by atoms with Crippen molar-refractivity contribution in [2.24, 2.45) is 0 Å². The predicted octanol–water partition coefficient (Wildman–Crippen LogP) is 3.97. The van der Waals surface area contributed by atoms with Crippen molar-refractivity contribution >= 4 is 34.6 Å². The van der Waals surface area contributed by atoms with Gasteiger partial charge in [-0.1, -0.05) is 29.3 Å². The second-order valence-electron chi connectivity index (χ2n) is 4.75. The Balaban J connectivity index is 1.87. The first-order chi connectivity index (χ1) is 9.63. The molecule has 0 saturated heterocycles. The topological polar surface area (TPSA) is 38.5 Å². The van der Waals surface area contributed by atoms with Crippen LogP contribution in [-0.2, 0) is 6.54 Å². The van der Waals surface area contributed by atoms with Crippen molar-refractivity contribution in [1.29, 1.82) is 0 Å². The minimum Gasteiger partial charge on any atom is -0.489 e. The zero-order valence-corrected chi connectivity index (χ0v) is 12.3. The summed E-state index contributed by atoms with van der Waals surface area (Å²) in [5, 5.41) is 1.15. The molecule has 0 radical (unpaired) electrons. The highest BCUT2D eigenvalue weighted by Gasteiger charge is 2.18. The van der Waals surface area contributed by atoms with Crippen molar-refractivity contribution in [3.8, 4) is 5.75 Å². The van der Waals surface area contributed by atoms with E-state index in [1.54, 1.807) is 0 Å². The summed E-state index contributed by atoms with van der Waals surface area (Å²) in [5.41, 5.74) is 8.66. The highest BCUT2D eigenvalue weighted by molar-refractivity contribution is 6.42. The zero-order chi connectivity index (χ0) is 14.1. The molecular formula is C15H14Cl2N2O. The molecule has 0 atom stereocenters. The maximum atomic E-state index is 6.06. The predicted molar refractivity (Wildman–Crippen MR) is 83.9 cm³/mol. The molecule has 2 aromatic rings. The first-order valence-electron chi connectivity index (χ1n) is 6.35. The minimum absolute atomic E-state index is 0.575. The molecule has 3 nitrogen and oxygen atoms in total. The molecule has 20 heavy (non-hydrogen) atoms. The van der Waals surface area contributed by atoms with E-state index in [0.717, 1.165) is 30.1 Å². The van der Waals surface area contributed by atoms with E-state index in [4.69, 9.17) is 33.7 Å². The third-order valence-corrected chi connectivity index (χ3v) is 4.04. The highest BCUT2D eigenvalue weighted by atomic mass is 35.5. The van der Waals surface area contributed by atoms with Crippen molar-refractivity contribution in [2.75, 3.05) is 23.8 Å². The Labute approximate surface area is 127 Å². The molecule has 2 N–H and O–H groups in total. The molecular weight excluding hydrogens is 295 g/mol. The minimum atomic E-state index is 0.575. The van der Waals surface area contributed by atoms with Crippen LogP contribution in [0.4, 0.5) is 11.4 Å². The SMILES string of the molecule is Nc1ccc2c(c1)OCCN2Cc1ccc(Cl)c(Cl)c1. The summed E-state index contributed by atoms with van der Waals surface area (Å²) in [6.07, 6.45) is 0. The Morgan fingerprint density at radius 2 is 1.95 bits per heavy atom. The summed E-state index contributed by atoms with van der Waals surface area (Å²) in [6.45, 7) is 2.24. The third-order valence-electron chi connectivity index (χ3n) is 3.30. The first-order valence-corrected chi connectivity index (χ1v) is 7.10. The lowest BCUT2D eigenvalue weighted by atomic mass is 10.1. The largest absolute Gasteiger partial charge is 0.489 e. The van der Waals surface area contributed by atoms with Crippen LogP contribution < -0.4 is 15.4 Å². The first kappa shape index (κ1) is 13.4. The van der Waals surface area contributed by atoms with Gasteiger partial charge in [0, 0.05) is 18.3 Å². The fourth-order valence-corrected chi connectivity index (χ4v) is 2.64. The maximum Gasteiger partial charge on any atom is 0.144 e. The molecule has 0 aliphatic carbocycles. The van der Waals surface area contributed by atoms with Gasteiger partial charge in [-0.3, -0.25) is 0 Å². The van der Waals surface area contributed by atoms with Crippen LogP contribution in [-0.4, -0.2) is 13.2 Å². The van der Waals surface area contributed by atoms with Gasteiger partial charge in [-0.2, -0.15) is 0 Å². The van der Waals surface area contributed by atoms with Gasteiger partial charge in [0.05, 0.1) is 22.3 Å². The van der Waals surface area contributed by atoms with E-state index < -0.39 is 0 Å². The molecule has 1 heterocycles. The van der Waals surface area contributed by atoms with Gasteiger partial charge in [-0.25, -0.2) is 0 Å². The summed E-state index contributed by atoms with van der Waals surface area (Å²) >= 11 is 12.0. The van der Waals surface area contributed by atoms with Crippen LogP contribution in [0.15, 0.2) is 36.4 Å². The number of ether oxygens (including phenoxy) is 1. The number of nitrogen functional groups attached to an aromatic ring is 1. The Bertz CT molecular complexity index is 646. The third kappa shape index (κ3) is 2.65. The number of anilines is 2. The highest BCUT2D eigenvalue weighted by Crippen LogP contribution is 2.34. The zero-order valence-electron chi connectivity index (χ0n) is 10.8.